The molecule has 1 saturated carbocycles. The van der Waals surface area contributed by atoms with Crippen molar-refractivity contribution in [1.29, 1.82) is 0 Å². The number of aryl methyl sites for hydroxylation is 1. The summed E-state index contributed by atoms with van der Waals surface area (Å²) in [6, 6.07) is 17.2. The van der Waals surface area contributed by atoms with E-state index >= 15 is 0 Å². The summed E-state index contributed by atoms with van der Waals surface area (Å²) in [6.07, 6.45) is 1.99. The second kappa shape index (κ2) is 8.41. The number of amides is 2. The highest BCUT2D eigenvalue weighted by Crippen LogP contribution is 2.30. The molecule has 2 N–H and O–H groups in total. The van der Waals surface area contributed by atoms with E-state index in [0.717, 1.165) is 34.3 Å². The van der Waals surface area contributed by atoms with Gasteiger partial charge in [-0.3, -0.25) is 14.3 Å². The molecule has 32 heavy (non-hydrogen) atoms. The zero-order chi connectivity index (χ0) is 22.2. The summed E-state index contributed by atoms with van der Waals surface area (Å²) in [7, 11) is 0. The lowest BCUT2D eigenvalue weighted by molar-refractivity contribution is 0.0950. The maximum absolute atomic E-state index is 13.0. The van der Waals surface area contributed by atoms with Gasteiger partial charge < -0.3 is 10.6 Å². The predicted molar refractivity (Wildman–Crippen MR) is 128 cm³/mol. The second-order valence-electron chi connectivity index (χ2n) is 7.95. The number of benzene rings is 2. The average Bonchev–Trinajstić information content (AvgIpc) is 3.39. The summed E-state index contributed by atoms with van der Waals surface area (Å²) in [5, 5.41) is 11.8. The van der Waals surface area contributed by atoms with E-state index in [1.165, 1.54) is 11.3 Å². The van der Waals surface area contributed by atoms with Gasteiger partial charge in [-0.05, 0) is 49.6 Å². The van der Waals surface area contributed by atoms with Crippen molar-refractivity contribution in [3.63, 3.8) is 0 Å². The maximum Gasteiger partial charge on any atom is 0.265 e. The quantitative estimate of drug-likeness (QED) is 0.409. The Bertz CT molecular complexity index is 1320. The molecule has 5 rings (SSSR count). The lowest BCUT2D eigenvalue weighted by Gasteiger charge is -2.09. The molecule has 1 aliphatic carbocycles. The van der Waals surface area contributed by atoms with Crippen LogP contribution < -0.4 is 10.6 Å². The third-order valence-corrected chi connectivity index (χ3v) is 6.86. The van der Waals surface area contributed by atoms with Crippen molar-refractivity contribution < 1.29 is 9.59 Å². The minimum Gasteiger partial charge on any atom is -0.349 e. The van der Waals surface area contributed by atoms with Crippen molar-refractivity contribution in [2.45, 2.75) is 32.4 Å². The zero-order valence-electron chi connectivity index (χ0n) is 17.4. The molecule has 0 saturated heterocycles. The van der Waals surface area contributed by atoms with Crippen LogP contribution >= 0.6 is 22.9 Å². The van der Waals surface area contributed by atoms with Gasteiger partial charge >= 0.3 is 0 Å². The van der Waals surface area contributed by atoms with Gasteiger partial charge in [0.2, 0.25) is 0 Å². The van der Waals surface area contributed by atoms with Gasteiger partial charge in [0.1, 0.15) is 4.83 Å². The molecule has 2 heterocycles. The van der Waals surface area contributed by atoms with Gasteiger partial charge in [0.25, 0.3) is 11.8 Å². The van der Waals surface area contributed by atoms with E-state index in [4.69, 9.17) is 11.6 Å². The highest BCUT2D eigenvalue weighted by molar-refractivity contribution is 7.20. The lowest BCUT2D eigenvalue weighted by atomic mass is 10.1. The van der Waals surface area contributed by atoms with E-state index in [2.05, 4.69) is 27.9 Å². The molecule has 2 aromatic heterocycles. The number of hydrogen-bond donors (Lipinski definition) is 2. The summed E-state index contributed by atoms with van der Waals surface area (Å²) < 4.78 is 1.93. The Labute approximate surface area is 194 Å². The van der Waals surface area contributed by atoms with Crippen LogP contribution in [0.2, 0.25) is 5.02 Å². The number of thiophene rings is 1. The highest BCUT2D eigenvalue weighted by atomic mass is 35.5. The van der Waals surface area contributed by atoms with Gasteiger partial charge in [0.15, 0.2) is 0 Å². The van der Waals surface area contributed by atoms with Gasteiger partial charge in [-0.1, -0.05) is 41.9 Å². The number of fused-ring (bicyclic) bond motifs is 1. The van der Waals surface area contributed by atoms with Crippen molar-refractivity contribution in [3.8, 4) is 0 Å². The summed E-state index contributed by atoms with van der Waals surface area (Å²) in [6.45, 7) is 2.59. The summed E-state index contributed by atoms with van der Waals surface area (Å²) >= 11 is 7.61. The van der Waals surface area contributed by atoms with Crippen molar-refractivity contribution in [2.24, 2.45) is 0 Å². The zero-order valence-corrected chi connectivity index (χ0v) is 19.0. The summed E-state index contributed by atoms with van der Waals surface area (Å²) in [4.78, 5) is 26.9. The maximum atomic E-state index is 13.0. The molecule has 1 fully saturated rings. The number of nitrogens with zero attached hydrogens (tertiary/aromatic N) is 2. The van der Waals surface area contributed by atoms with Gasteiger partial charge in [0, 0.05) is 17.1 Å². The molecule has 4 aromatic rings. The molecule has 6 nitrogen and oxygen atoms in total. The highest BCUT2D eigenvalue weighted by Gasteiger charge is 2.25. The second-order valence-corrected chi connectivity index (χ2v) is 9.39. The molecule has 162 valence electrons. The van der Waals surface area contributed by atoms with E-state index in [0.29, 0.717) is 27.7 Å². The molecule has 0 aliphatic heterocycles. The smallest absolute Gasteiger partial charge is 0.265 e. The van der Waals surface area contributed by atoms with Crippen LogP contribution in [0.5, 0.6) is 0 Å². The van der Waals surface area contributed by atoms with Gasteiger partial charge in [-0.25, -0.2) is 0 Å². The first-order valence-corrected chi connectivity index (χ1v) is 11.6. The van der Waals surface area contributed by atoms with Crippen LogP contribution in [0.1, 0.15) is 44.1 Å². The Morgan fingerprint density at radius 3 is 2.66 bits per heavy atom. The SMILES string of the molecule is Cc1nn(Cc2ccccc2)c2sc(C(=O)Nc3ccc(Cl)c(C(=O)NC4CC4)c3)cc12. The first kappa shape index (κ1) is 20.7. The minimum absolute atomic E-state index is 0.216. The normalized spacial score (nSPS) is 13.3. The van der Waals surface area contributed by atoms with Gasteiger partial charge in [-0.15, -0.1) is 11.3 Å². The standard InChI is InChI=1S/C24H21ClN4O2S/c1-14-18-12-21(32-24(18)29(28-14)13-15-5-3-2-4-6-15)23(31)27-17-9-10-20(25)19(11-17)22(30)26-16-7-8-16/h2-6,9-12,16H,7-8,13H2,1H3,(H,26,30)(H,27,31). The summed E-state index contributed by atoms with van der Waals surface area (Å²) in [5.41, 5.74) is 2.92. The number of aromatic nitrogens is 2. The van der Waals surface area contributed by atoms with Crippen LogP contribution in [0.3, 0.4) is 0 Å². The first-order valence-electron chi connectivity index (χ1n) is 10.4. The van der Waals surface area contributed by atoms with Gasteiger partial charge in [-0.2, -0.15) is 5.10 Å². The van der Waals surface area contributed by atoms with E-state index in [1.54, 1.807) is 18.2 Å². The fourth-order valence-electron chi connectivity index (χ4n) is 3.55. The Hall–Kier alpha value is -3.16. The number of carbonyl (C=O) groups excluding carboxylic acids is 2. The molecule has 0 unspecified atom stereocenters. The van der Waals surface area contributed by atoms with Crippen molar-refractivity contribution in [1.82, 2.24) is 15.1 Å². The number of carbonyl (C=O) groups is 2. The van der Waals surface area contributed by atoms with Crippen molar-refractivity contribution in [3.05, 3.63) is 81.3 Å². The van der Waals surface area contributed by atoms with E-state index < -0.39 is 0 Å². The topological polar surface area (TPSA) is 76.0 Å². The molecular weight excluding hydrogens is 444 g/mol. The Morgan fingerprint density at radius 2 is 1.91 bits per heavy atom. The predicted octanol–water partition coefficient (Wildman–Crippen LogP) is 5.25. The van der Waals surface area contributed by atoms with Crippen LogP contribution in [0, 0.1) is 6.92 Å². The fourth-order valence-corrected chi connectivity index (χ4v) is 4.81. The molecule has 2 amide bonds. The Morgan fingerprint density at radius 1 is 1.12 bits per heavy atom. The largest absolute Gasteiger partial charge is 0.349 e. The van der Waals surface area contributed by atoms with Crippen LogP contribution in [-0.4, -0.2) is 27.6 Å². The lowest BCUT2D eigenvalue weighted by Crippen LogP contribution is -2.25. The Balaban J connectivity index is 1.37. The fraction of sp³-hybridized carbons (Fsp3) is 0.208. The van der Waals surface area contributed by atoms with E-state index in [-0.39, 0.29) is 17.9 Å². The number of anilines is 1. The monoisotopic (exact) mass is 464 g/mol. The molecule has 0 atom stereocenters. The number of halogens is 1. The molecule has 2 aromatic carbocycles. The number of hydrogen-bond acceptors (Lipinski definition) is 4. The minimum atomic E-state index is -0.229. The number of nitrogens with one attached hydrogen (secondary N) is 2. The van der Waals surface area contributed by atoms with Gasteiger partial charge in [0.05, 0.1) is 27.7 Å². The molecule has 0 radical (unpaired) electrons. The molecule has 8 heteroatoms. The van der Waals surface area contributed by atoms with Crippen molar-refractivity contribution in [2.75, 3.05) is 5.32 Å². The van der Waals surface area contributed by atoms with Crippen molar-refractivity contribution >= 4 is 50.7 Å². The van der Waals surface area contributed by atoms with Crippen LogP contribution in [0.25, 0.3) is 10.2 Å². The molecule has 0 spiro atoms. The van der Waals surface area contributed by atoms with Crippen LogP contribution in [0.15, 0.2) is 54.6 Å². The van der Waals surface area contributed by atoms with Crippen LogP contribution in [-0.2, 0) is 6.54 Å². The molecule has 0 bridgehead atoms. The van der Waals surface area contributed by atoms with Crippen LogP contribution in [0.4, 0.5) is 5.69 Å². The third-order valence-electron chi connectivity index (χ3n) is 5.39. The third kappa shape index (κ3) is 4.26. The van der Waals surface area contributed by atoms with E-state index in [1.807, 2.05) is 35.9 Å². The first-order chi connectivity index (χ1) is 15.5. The average molecular weight is 465 g/mol. The van der Waals surface area contributed by atoms with E-state index in [9.17, 15) is 9.59 Å². The molecular formula is C24H21ClN4O2S. The molecule has 1 aliphatic rings. The summed E-state index contributed by atoms with van der Waals surface area (Å²) in [5.74, 6) is -0.445. The Kier molecular flexibility index (Phi) is 5.45. The number of rotatable bonds is 6.